The monoisotopic (exact) mass is 715 g/mol. The van der Waals surface area contributed by atoms with Crippen LogP contribution in [-0.4, -0.2) is 64.0 Å². The Morgan fingerprint density at radius 3 is 2.65 bits per heavy atom. The number of ether oxygens (including phenoxy) is 1. The summed E-state index contributed by atoms with van der Waals surface area (Å²) in [5, 5.41) is 15.5. The maximum Gasteiger partial charge on any atom is 0.490 e. The van der Waals surface area contributed by atoms with Gasteiger partial charge in [-0.3, -0.25) is 23.8 Å². The number of aromatic nitrogens is 8. The van der Waals surface area contributed by atoms with Crippen LogP contribution < -0.4 is 10.9 Å². The minimum atomic E-state index is -5.14. The lowest BCUT2D eigenvalue weighted by molar-refractivity contribution is -0.199. The van der Waals surface area contributed by atoms with Gasteiger partial charge in [0.25, 0.3) is 5.56 Å². The highest BCUT2D eigenvalue weighted by Gasteiger charge is 2.40. The molecular formula is C31H26Cl2F3N9O4. The summed E-state index contributed by atoms with van der Waals surface area (Å²) in [4.78, 5) is 47.4. The number of rotatable bonds is 6. The molecule has 0 aliphatic carbocycles. The van der Waals surface area contributed by atoms with Crippen LogP contribution in [0.15, 0.2) is 66.1 Å². The average Bonchev–Trinajstić information content (AvgIpc) is 3.68. The predicted octanol–water partition coefficient (Wildman–Crippen LogP) is 5.51. The first-order valence-electron chi connectivity index (χ1n) is 14.9. The zero-order chi connectivity index (χ0) is 34.9. The molecule has 0 radical (unpaired) electrons. The average molecular weight is 717 g/mol. The maximum absolute atomic E-state index is 13.8. The number of nitrogens with one attached hydrogen (secondary N) is 1. The van der Waals surface area contributed by atoms with Gasteiger partial charge in [-0.15, -0.1) is 5.10 Å². The number of carbonyl (C=O) groups excluding carboxylic acids is 2. The van der Waals surface area contributed by atoms with Crippen LogP contribution in [0.1, 0.15) is 37.9 Å². The van der Waals surface area contributed by atoms with Gasteiger partial charge >= 0.3 is 12.1 Å². The van der Waals surface area contributed by atoms with E-state index in [0.29, 0.717) is 63.9 Å². The number of halogens is 5. The van der Waals surface area contributed by atoms with Crippen LogP contribution in [0.3, 0.4) is 0 Å². The number of alkyl halides is 3. The van der Waals surface area contributed by atoms with Gasteiger partial charge in [0.05, 0.1) is 59.8 Å². The lowest BCUT2D eigenvalue weighted by Gasteiger charge is -2.22. The van der Waals surface area contributed by atoms with Crippen molar-refractivity contribution in [1.29, 1.82) is 0 Å². The summed E-state index contributed by atoms with van der Waals surface area (Å²) in [7, 11) is 0. The Labute approximate surface area is 285 Å². The summed E-state index contributed by atoms with van der Waals surface area (Å²) >= 11 is 12.3. The summed E-state index contributed by atoms with van der Waals surface area (Å²) < 4.78 is 46.7. The minimum absolute atomic E-state index is 0.174. The Hall–Kier alpha value is -5.09. The van der Waals surface area contributed by atoms with Crippen molar-refractivity contribution >= 4 is 40.8 Å². The van der Waals surface area contributed by atoms with Gasteiger partial charge in [0.1, 0.15) is 6.61 Å². The quantitative estimate of drug-likeness (QED) is 0.224. The standard InChI is InChI=1S/C31H26Cl2F3N9O4/c1-17-3-2-4-25(43-16-38-21(13-27(43)46)20-12-19(32)5-6-24(20)45-15-26(33)41-42-45)22-11-18(7-8-37-22)28-23(40-29(17)47)14-39-44(28)9-10-49-30(48)31(34,35)36/h5-8,11-17,25H,2-4,9-10H2,1H3,(H,40,47)/t17-,25+/m1/s1. The summed E-state index contributed by atoms with van der Waals surface area (Å²) in [6.45, 7) is 0.908. The molecule has 1 aliphatic rings. The lowest BCUT2D eigenvalue weighted by Crippen LogP contribution is -2.27. The van der Waals surface area contributed by atoms with Crippen molar-refractivity contribution < 1.29 is 27.5 Å². The van der Waals surface area contributed by atoms with Gasteiger partial charge in [0, 0.05) is 34.3 Å². The van der Waals surface area contributed by atoms with E-state index >= 15 is 0 Å². The molecule has 254 valence electrons. The SMILES string of the molecule is C[C@@H]1CCC[C@H](n2cnc(-c3cc(Cl)ccc3-n3cc(Cl)nn3)cc2=O)c2cc(ccn2)-c2c(cnn2CCOC(=O)C(F)(F)F)NC1=O. The zero-order valence-electron chi connectivity index (χ0n) is 25.6. The second kappa shape index (κ2) is 13.8. The molecule has 0 spiro atoms. The number of anilines is 1. The van der Waals surface area contributed by atoms with Gasteiger partial charge in [0.2, 0.25) is 5.91 Å². The number of nitrogens with zero attached hydrogens (tertiary/aromatic N) is 8. The van der Waals surface area contributed by atoms with Crippen molar-refractivity contribution in [2.45, 2.75) is 44.9 Å². The second-order valence-electron chi connectivity index (χ2n) is 11.2. The summed E-state index contributed by atoms with van der Waals surface area (Å²) in [6, 6.07) is 9.13. The van der Waals surface area contributed by atoms with E-state index in [1.165, 1.54) is 44.9 Å². The molecular weight excluding hydrogens is 690 g/mol. The molecule has 0 unspecified atom stereocenters. The third-order valence-electron chi connectivity index (χ3n) is 7.94. The highest BCUT2D eigenvalue weighted by Crippen LogP contribution is 2.34. The number of amides is 1. The fourth-order valence-electron chi connectivity index (χ4n) is 5.54. The van der Waals surface area contributed by atoms with Crippen LogP contribution in [0.4, 0.5) is 18.9 Å². The van der Waals surface area contributed by atoms with Crippen LogP contribution in [0.5, 0.6) is 0 Å². The molecule has 1 aromatic carbocycles. The van der Waals surface area contributed by atoms with E-state index in [1.807, 2.05) is 0 Å². The number of hydrogen-bond donors (Lipinski definition) is 1. The van der Waals surface area contributed by atoms with Gasteiger partial charge in [-0.25, -0.2) is 14.5 Å². The van der Waals surface area contributed by atoms with E-state index < -0.39 is 30.7 Å². The molecule has 1 aliphatic heterocycles. The number of carbonyl (C=O) groups is 2. The summed E-state index contributed by atoms with van der Waals surface area (Å²) in [5.74, 6) is -3.04. The summed E-state index contributed by atoms with van der Waals surface area (Å²) in [5.41, 5.74) is 2.66. The largest absolute Gasteiger partial charge is 0.490 e. The first-order chi connectivity index (χ1) is 23.4. The Kier molecular flexibility index (Phi) is 9.52. The number of pyridine rings is 1. The minimum Gasteiger partial charge on any atom is -0.457 e. The normalized spacial score (nSPS) is 16.7. The van der Waals surface area contributed by atoms with Gasteiger partial charge in [0.15, 0.2) is 5.15 Å². The Morgan fingerprint density at radius 1 is 1.10 bits per heavy atom. The highest BCUT2D eigenvalue weighted by molar-refractivity contribution is 6.31. The molecule has 6 rings (SSSR count). The van der Waals surface area contributed by atoms with Crippen LogP contribution in [0.2, 0.25) is 10.2 Å². The third-order valence-corrected chi connectivity index (χ3v) is 8.35. The first kappa shape index (κ1) is 33.8. The molecule has 1 N–H and O–H groups in total. The Bertz CT molecular complexity index is 2100. The smallest absolute Gasteiger partial charge is 0.457 e. The highest BCUT2D eigenvalue weighted by atomic mass is 35.5. The van der Waals surface area contributed by atoms with E-state index in [1.54, 1.807) is 37.3 Å². The molecule has 2 atom stereocenters. The molecule has 2 bridgehead atoms. The predicted molar refractivity (Wildman–Crippen MR) is 171 cm³/mol. The molecule has 13 nitrogen and oxygen atoms in total. The van der Waals surface area contributed by atoms with E-state index in [9.17, 15) is 27.6 Å². The van der Waals surface area contributed by atoms with E-state index in [-0.39, 0.29) is 23.2 Å². The van der Waals surface area contributed by atoms with Crippen molar-refractivity contribution in [3.05, 3.63) is 87.5 Å². The van der Waals surface area contributed by atoms with E-state index in [0.717, 1.165) is 0 Å². The fraction of sp³-hybridized carbons (Fsp3) is 0.290. The maximum atomic E-state index is 13.8. The lowest BCUT2D eigenvalue weighted by atomic mass is 9.97. The van der Waals surface area contributed by atoms with Gasteiger partial charge in [-0.2, -0.15) is 18.3 Å². The molecule has 5 heterocycles. The third kappa shape index (κ3) is 7.34. The number of esters is 1. The van der Waals surface area contributed by atoms with Crippen LogP contribution in [-0.2, 0) is 20.9 Å². The van der Waals surface area contributed by atoms with Crippen molar-refractivity contribution in [2.75, 3.05) is 11.9 Å². The fourth-order valence-corrected chi connectivity index (χ4v) is 5.83. The van der Waals surface area contributed by atoms with Crippen molar-refractivity contribution in [1.82, 2.24) is 39.3 Å². The van der Waals surface area contributed by atoms with E-state index in [2.05, 4.69) is 35.4 Å². The molecule has 0 fully saturated rings. The number of fused-ring (bicyclic) bond motifs is 4. The molecule has 1 amide bonds. The van der Waals surface area contributed by atoms with E-state index in [4.69, 9.17) is 23.2 Å². The van der Waals surface area contributed by atoms with Gasteiger partial charge in [-0.05, 0) is 43.2 Å². The van der Waals surface area contributed by atoms with Gasteiger partial charge < -0.3 is 10.1 Å². The second-order valence-corrected chi connectivity index (χ2v) is 12.1. The van der Waals surface area contributed by atoms with Gasteiger partial charge in [-0.1, -0.05) is 41.8 Å². The topological polar surface area (TPSA) is 152 Å². The zero-order valence-corrected chi connectivity index (χ0v) is 27.1. The van der Waals surface area contributed by atoms with Crippen molar-refractivity contribution in [2.24, 2.45) is 5.92 Å². The molecule has 5 aromatic rings. The Morgan fingerprint density at radius 2 is 1.92 bits per heavy atom. The number of hydrogen-bond acceptors (Lipinski definition) is 9. The molecule has 18 heteroatoms. The molecule has 49 heavy (non-hydrogen) atoms. The molecule has 0 saturated heterocycles. The number of benzene rings is 1. The Balaban J connectivity index is 1.38. The van der Waals surface area contributed by atoms with Crippen LogP contribution in [0, 0.1) is 5.92 Å². The van der Waals surface area contributed by atoms with Crippen molar-refractivity contribution in [3.8, 4) is 28.2 Å². The first-order valence-corrected chi connectivity index (χ1v) is 15.7. The molecule has 4 aromatic heterocycles. The summed E-state index contributed by atoms with van der Waals surface area (Å²) in [6.07, 6.45) is 2.14. The van der Waals surface area contributed by atoms with Crippen molar-refractivity contribution in [3.63, 3.8) is 0 Å². The van der Waals surface area contributed by atoms with Crippen LogP contribution >= 0.6 is 23.2 Å². The van der Waals surface area contributed by atoms with Crippen LogP contribution in [0.25, 0.3) is 28.2 Å². The molecule has 0 saturated carbocycles.